The van der Waals surface area contributed by atoms with Crippen LogP contribution in [0.5, 0.6) is 5.75 Å². The summed E-state index contributed by atoms with van der Waals surface area (Å²) in [5.74, 6) is 0.347. The summed E-state index contributed by atoms with van der Waals surface area (Å²) in [6.07, 6.45) is -0.133. The first kappa shape index (κ1) is 11.8. The zero-order chi connectivity index (χ0) is 11.3. The van der Waals surface area contributed by atoms with Gasteiger partial charge in [0.05, 0.1) is 6.54 Å². The van der Waals surface area contributed by atoms with E-state index in [1.807, 2.05) is 6.92 Å². The van der Waals surface area contributed by atoms with E-state index in [1.165, 1.54) is 0 Å². The lowest BCUT2D eigenvalue weighted by Crippen LogP contribution is -2.30. The lowest BCUT2D eigenvalue weighted by atomic mass is 10.3. The van der Waals surface area contributed by atoms with E-state index in [9.17, 15) is 4.79 Å². The first-order chi connectivity index (χ1) is 7.13. The number of carbonyl (C=O) groups excluding carboxylic acids is 1. The Kier molecular flexibility index (Phi) is 4.39. The molecule has 0 fully saturated rings. The molecule has 0 heterocycles. The molecular formula is C10H12ClNO3. The third kappa shape index (κ3) is 3.77. The van der Waals surface area contributed by atoms with Gasteiger partial charge in [0.1, 0.15) is 5.75 Å². The standard InChI is InChI=1S/C10H12ClNO3/c1-2-7-12(14)10(13)15-9-5-3-8(11)4-6-9/h3-6,14H,2,7H2,1H3. The molecule has 1 N–H and O–H groups in total. The van der Waals surface area contributed by atoms with Gasteiger partial charge < -0.3 is 4.74 Å². The summed E-state index contributed by atoms with van der Waals surface area (Å²) in [4.78, 5) is 11.2. The van der Waals surface area contributed by atoms with E-state index in [1.54, 1.807) is 24.3 Å². The molecule has 0 aliphatic heterocycles. The minimum absolute atomic E-state index is 0.242. The molecule has 0 radical (unpaired) electrons. The van der Waals surface area contributed by atoms with Crippen molar-refractivity contribution in [2.24, 2.45) is 0 Å². The lowest BCUT2D eigenvalue weighted by Gasteiger charge is -2.13. The summed E-state index contributed by atoms with van der Waals surface area (Å²) in [5, 5.41) is 10.3. The molecule has 0 aromatic heterocycles. The molecule has 1 rings (SSSR count). The van der Waals surface area contributed by atoms with Crippen molar-refractivity contribution in [3.63, 3.8) is 0 Å². The topological polar surface area (TPSA) is 49.8 Å². The number of ether oxygens (including phenoxy) is 1. The fourth-order valence-corrected chi connectivity index (χ4v) is 1.09. The maximum absolute atomic E-state index is 11.2. The van der Waals surface area contributed by atoms with Gasteiger partial charge in [-0.1, -0.05) is 18.5 Å². The SMILES string of the molecule is CCCN(O)C(=O)Oc1ccc(Cl)cc1. The third-order valence-electron chi connectivity index (χ3n) is 1.66. The van der Waals surface area contributed by atoms with Crippen LogP contribution in [-0.4, -0.2) is 22.9 Å². The Hall–Kier alpha value is -1.26. The van der Waals surface area contributed by atoms with Gasteiger partial charge in [0.2, 0.25) is 0 Å². The Bertz CT molecular complexity index is 326. The van der Waals surface area contributed by atoms with Crippen molar-refractivity contribution in [2.45, 2.75) is 13.3 Å². The molecule has 0 bridgehead atoms. The van der Waals surface area contributed by atoms with Crippen LogP contribution < -0.4 is 4.74 Å². The van der Waals surface area contributed by atoms with Crippen LogP contribution in [-0.2, 0) is 0 Å². The minimum Gasteiger partial charge on any atom is -0.409 e. The largest absolute Gasteiger partial charge is 0.439 e. The summed E-state index contributed by atoms with van der Waals surface area (Å²) < 4.78 is 4.86. The number of hydrogen-bond acceptors (Lipinski definition) is 3. The van der Waals surface area contributed by atoms with E-state index >= 15 is 0 Å². The van der Waals surface area contributed by atoms with E-state index in [-0.39, 0.29) is 6.54 Å². The Balaban J connectivity index is 2.54. The van der Waals surface area contributed by atoms with Crippen molar-refractivity contribution < 1.29 is 14.7 Å². The van der Waals surface area contributed by atoms with Crippen LogP contribution in [0.2, 0.25) is 5.02 Å². The molecule has 4 nitrogen and oxygen atoms in total. The average molecular weight is 230 g/mol. The Morgan fingerprint density at radius 2 is 2.07 bits per heavy atom. The van der Waals surface area contributed by atoms with E-state index < -0.39 is 6.09 Å². The zero-order valence-corrected chi connectivity index (χ0v) is 9.07. The predicted molar refractivity (Wildman–Crippen MR) is 56.3 cm³/mol. The number of hydroxylamine groups is 2. The number of halogens is 1. The van der Waals surface area contributed by atoms with Crippen molar-refractivity contribution in [2.75, 3.05) is 6.54 Å². The van der Waals surface area contributed by atoms with Crippen molar-refractivity contribution >= 4 is 17.7 Å². The first-order valence-electron chi connectivity index (χ1n) is 4.57. The normalized spacial score (nSPS) is 9.80. The molecule has 0 spiro atoms. The van der Waals surface area contributed by atoms with Gasteiger partial charge in [-0.3, -0.25) is 5.21 Å². The van der Waals surface area contributed by atoms with Crippen molar-refractivity contribution in [1.29, 1.82) is 0 Å². The number of nitrogens with zero attached hydrogens (tertiary/aromatic N) is 1. The predicted octanol–water partition coefficient (Wildman–Crippen LogP) is 2.94. The van der Waals surface area contributed by atoms with Crippen LogP contribution in [0.15, 0.2) is 24.3 Å². The summed E-state index contributed by atoms with van der Waals surface area (Å²) in [5.41, 5.74) is 0. The zero-order valence-electron chi connectivity index (χ0n) is 8.31. The average Bonchev–Trinajstić information content (AvgIpc) is 2.22. The van der Waals surface area contributed by atoms with Crippen LogP contribution in [0, 0.1) is 0 Å². The third-order valence-corrected chi connectivity index (χ3v) is 1.92. The summed E-state index contributed by atoms with van der Waals surface area (Å²) in [6, 6.07) is 6.32. The number of amides is 1. The van der Waals surface area contributed by atoms with Gasteiger partial charge in [-0.25, -0.2) is 4.79 Å². The first-order valence-corrected chi connectivity index (χ1v) is 4.95. The van der Waals surface area contributed by atoms with Crippen LogP contribution in [0.25, 0.3) is 0 Å². The van der Waals surface area contributed by atoms with E-state index in [0.29, 0.717) is 22.3 Å². The molecule has 15 heavy (non-hydrogen) atoms. The second kappa shape index (κ2) is 5.58. The maximum atomic E-state index is 11.2. The highest BCUT2D eigenvalue weighted by molar-refractivity contribution is 6.30. The van der Waals surface area contributed by atoms with Crippen molar-refractivity contribution in [3.8, 4) is 5.75 Å². The summed E-state index contributed by atoms with van der Waals surface area (Å²) in [6.45, 7) is 2.09. The van der Waals surface area contributed by atoms with Crippen molar-refractivity contribution in [1.82, 2.24) is 5.06 Å². The second-order valence-corrected chi connectivity index (χ2v) is 3.38. The highest BCUT2D eigenvalue weighted by atomic mass is 35.5. The molecule has 1 aromatic rings. The molecule has 0 atom stereocenters. The second-order valence-electron chi connectivity index (χ2n) is 2.95. The highest BCUT2D eigenvalue weighted by Crippen LogP contribution is 2.16. The molecule has 1 amide bonds. The quantitative estimate of drug-likeness (QED) is 0.640. The molecule has 5 heteroatoms. The van der Waals surface area contributed by atoms with Crippen molar-refractivity contribution in [3.05, 3.63) is 29.3 Å². The van der Waals surface area contributed by atoms with Crippen LogP contribution >= 0.6 is 11.6 Å². The van der Waals surface area contributed by atoms with Gasteiger partial charge in [0.15, 0.2) is 0 Å². The molecule has 82 valence electrons. The maximum Gasteiger partial charge on any atom is 0.439 e. The van der Waals surface area contributed by atoms with Gasteiger partial charge >= 0.3 is 6.09 Å². The Labute approximate surface area is 93.0 Å². The minimum atomic E-state index is -0.792. The molecule has 1 aromatic carbocycles. The fraction of sp³-hybridized carbons (Fsp3) is 0.300. The van der Waals surface area contributed by atoms with Crippen LogP contribution in [0.3, 0.4) is 0 Å². The summed E-state index contributed by atoms with van der Waals surface area (Å²) in [7, 11) is 0. The lowest BCUT2D eigenvalue weighted by molar-refractivity contribution is -0.0599. The fourth-order valence-electron chi connectivity index (χ4n) is 0.959. The van der Waals surface area contributed by atoms with E-state index in [0.717, 1.165) is 0 Å². The molecule has 0 unspecified atom stereocenters. The number of rotatable bonds is 3. The van der Waals surface area contributed by atoms with Gasteiger partial charge in [0.25, 0.3) is 0 Å². The molecule has 0 saturated carbocycles. The number of hydrogen-bond donors (Lipinski definition) is 1. The number of benzene rings is 1. The molecule has 0 aliphatic rings. The van der Waals surface area contributed by atoms with E-state index in [4.69, 9.17) is 21.5 Å². The van der Waals surface area contributed by atoms with Gasteiger partial charge in [0, 0.05) is 5.02 Å². The Morgan fingerprint density at radius 3 is 2.60 bits per heavy atom. The van der Waals surface area contributed by atoms with Crippen LogP contribution in [0.1, 0.15) is 13.3 Å². The Morgan fingerprint density at radius 1 is 1.47 bits per heavy atom. The smallest absolute Gasteiger partial charge is 0.409 e. The van der Waals surface area contributed by atoms with Gasteiger partial charge in [-0.2, -0.15) is 5.06 Å². The van der Waals surface area contributed by atoms with Gasteiger partial charge in [-0.05, 0) is 30.7 Å². The van der Waals surface area contributed by atoms with Gasteiger partial charge in [-0.15, -0.1) is 0 Å². The summed E-state index contributed by atoms with van der Waals surface area (Å²) >= 11 is 5.66. The highest BCUT2D eigenvalue weighted by Gasteiger charge is 2.11. The van der Waals surface area contributed by atoms with Crippen LogP contribution in [0.4, 0.5) is 4.79 Å². The monoisotopic (exact) mass is 229 g/mol. The molecule has 0 aliphatic carbocycles. The number of carbonyl (C=O) groups is 1. The molecular weight excluding hydrogens is 218 g/mol. The molecule has 0 saturated heterocycles. The van der Waals surface area contributed by atoms with E-state index in [2.05, 4.69) is 0 Å².